The number of nitrogens with two attached hydrogens (primary N) is 1. The second-order valence-electron chi connectivity index (χ2n) is 5.17. The number of nitrogens with one attached hydrogen (secondary N) is 1. The van der Waals surface area contributed by atoms with E-state index in [4.69, 9.17) is 10.8 Å². The number of carboxylic acid groups (broad SMARTS) is 1. The molecule has 1 aromatic rings. The summed E-state index contributed by atoms with van der Waals surface area (Å²) in [6, 6.07) is 2.62. The maximum Gasteiger partial charge on any atom is 0.336 e. The number of aryl methyl sites for hydroxylation is 1. The maximum absolute atomic E-state index is 12.0. The standard InChI is InChI=1S/C15H22N2O3/c1-5-8(2)13(16)14(18)17-11-6-9(3)10(4)12(7-11)15(19)20/h6-8,13H,5,16H2,1-4H3,(H,17,18)(H,19,20)/t8-,13-/m0/s1. The van der Waals surface area contributed by atoms with E-state index < -0.39 is 12.0 Å². The van der Waals surface area contributed by atoms with Crippen LogP contribution in [0.4, 0.5) is 5.69 Å². The van der Waals surface area contributed by atoms with Gasteiger partial charge in [-0.1, -0.05) is 20.3 Å². The summed E-state index contributed by atoms with van der Waals surface area (Å²) >= 11 is 0. The first kappa shape index (κ1) is 16.2. The smallest absolute Gasteiger partial charge is 0.336 e. The monoisotopic (exact) mass is 278 g/mol. The zero-order valence-electron chi connectivity index (χ0n) is 12.4. The molecule has 0 bridgehead atoms. The molecule has 0 saturated heterocycles. The molecule has 1 rings (SSSR count). The maximum atomic E-state index is 12.0. The van der Waals surface area contributed by atoms with Crippen LogP contribution in [0.25, 0.3) is 0 Å². The Morgan fingerprint density at radius 1 is 1.35 bits per heavy atom. The fourth-order valence-corrected chi connectivity index (χ4v) is 1.89. The van der Waals surface area contributed by atoms with Gasteiger partial charge in [0, 0.05) is 5.69 Å². The SMILES string of the molecule is CC[C@H](C)[C@H](N)C(=O)Nc1cc(C)c(C)c(C(=O)O)c1. The molecule has 1 amide bonds. The molecule has 0 radical (unpaired) electrons. The number of carbonyl (C=O) groups excluding carboxylic acids is 1. The van der Waals surface area contributed by atoms with E-state index in [0.29, 0.717) is 11.3 Å². The average Bonchev–Trinajstić information content (AvgIpc) is 2.40. The second kappa shape index (κ2) is 6.52. The lowest BCUT2D eigenvalue weighted by atomic mass is 9.98. The molecule has 20 heavy (non-hydrogen) atoms. The van der Waals surface area contributed by atoms with E-state index in [2.05, 4.69) is 5.32 Å². The summed E-state index contributed by atoms with van der Waals surface area (Å²) in [5, 5.41) is 11.8. The first-order valence-electron chi connectivity index (χ1n) is 6.68. The summed E-state index contributed by atoms with van der Waals surface area (Å²) in [4.78, 5) is 23.2. The number of hydrogen-bond acceptors (Lipinski definition) is 3. The third kappa shape index (κ3) is 3.57. The van der Waals surface area contributed by atoms with Crippen LogP contribution in [0.1, 0.15) is 41.8 Å². The van der Waals surface area contributed by atoms with Gasteiger partial charge >= 0.3 is 5.97 Å². The molecule has 0 saturated carbocycles. The number of benzene rings is 1. The third-order valence-electron chi connectivity index (χ3n) is 3.73. The van der Waals surface area contributed by atoms with Gasteiger partial charge in [0.1, 0.15) is 0 Å². The Morgan fingerprint density at radius 3 is 2.45 bits per heavy atom. The highest BCUT2D eigenvalue weighted by molar-refractivity contribution is 5.97. The molecule has 0 heterocycles. The summed E-state index contributed by atoms with van der Waals surface area (Å²) in [7, 11) is 0. The minimum atomic E-state index is -1.01. The van der Waals surface area contributed by atoms with E-state index in [1.54, 1.807) is 13.0 Å². The van der Waals surface area contributed by atoms with Crippen molar-refractivity contribution in [1.29, 1.82) is 0 Å². The van der Waals surface area contributed by atoms with E-state index in [1.807, 2.05) is 20.8 Å². The third-order valence-corrected chi connectivity index (χ3v) is 3.73. The quantitative estimate of drug-likeness (QED) is 0.770. The van der Waals surface area contributed by atoms with Gasteiger partial charge in [-0.05, 0) is 43.0 Å². The molecule has 0 unspecified atom stereocenters. The molecule has 0 aliphatic rings. The van der Waals surface area contributed by atoms with Crippen molar-refractivity contribution >= 4 is 17.6 Å². The van der Waals surface area contributed by atoms with E-state index in [0.717, 1.165) is 12.0 Å². The lowest BCUT2D eigenvalue weighted by Gasteiger charge is -2.18. The van der Waals surface area contributed by atoms with Crippen LogP contribution in [0, 0.1) is 19.8 Å². The van der Waals surface area contributed by atoms with Crippen molar-refractivity contribution in [2.75, 3.05) is 5.32 Å². The Hall–Kier alpha value is -1.88. The van der Waals surface area contributed by atoms with Gasteiger partial charge in [-0.3, -0.25) is 4.79 Å². The van der Waals surface area contributed by atoms with Gasteiger partial charge in [-0.2, -0.15) is 0 Å². The summed E-state index contributed by atoms with van der Waals surface area (Å²) in [6.07, 6.45) is 0.807. The topological polar surface area (TPSA) is 92.4 Å². The van der Waals surface area contributed by atoms with Gasteiger partial charge in [-0.25, -0.2) is 4.79 Å². The molecule has 0 aromatic heterocycles. The van der Waals surface area contributed by atoms with Crippen molar-refractivity contribution in [2.24, 2.45) is 11.7 Å². The predicted molar refractivity (Wildman–Crippen MR) is 78.9 cm³/mol. The van der Waals surface area contributed by atoms with Gasteiger partial charge in [0.25, 0.3) is 0 Å². The van der Waals surface area contributed by atoms with Crippen LogP contribution in [0.5, 0.6) is 0 Å². The Balaban J connectivity index is 2.99. The Bertz CT molecular complexity index is 526. The number of anilines is 1. The molecule has 5 heteroatoms. The Kier molecular flexibility index (Phi) is 5.27. The minimum absolute atomic E-state index is 0.0699. The van der Waals surface area contributed by atoms with E-state index in [-0.39, 0.29) is 17.4 Å². The summed E-state index contributed by atoms with van der Waals surface area (Å²) in [6.45, 7) is 7.44. The zero-order chi connectivity index (χ0) is 15.4. The lowest BCUT2D eigenvalue weighted by molar-refractivity contribution is -0.118. The fourth-order valence-electron chi connectivity index (χ4n) is 1.89. The highest BCUT2D eigenvalue weighted by atomic mass is 16.4. The molecule has 5 nitrogen and oxygen atoms in total. The number of hydrogen-bond donors (Lipinski definition) is 3. The van der Waals surface area contributed by atoms with Crippen molar-refractivity contribution in [2.45, 2.75) is 40.2 Å². The van der Waals surface area contributed by atoms with Crippen molar-refractivity contribution in [3.8, 4) is 0 Å². The van der Waals surface area contributed by atoms with Gasteiger partial charge in [0.15, 0.2) is 0 Å². The molecular formula is C15H22N2O3. The van der Waals surface area contributed by atoms with Crippen LogP contribution in [0.2, 0.25) is 0 Å². The predicted octanol–water partition coefficient (Wildman–Crippen LogP) is 2.31. The largest absolute Gasteiger partial charge is 0.478 e. The Morgan fingerprint density at radius 2 is 1.95 bits per heavy atom. The van der Waals surface area contributed by atoms with Gasteiger partial charge in [-0.15, -0.1) is 0 Å². The van der Waals surface area contributed by atoms with Crippen LogP contribution in [-0.2, 0) is 4.79 Å². The number of aromatic carboxylic acids is 1. The molecule has 4 N–H and O–H groups in total. The van der Waals surface area contributed by atoms with Crippen molar-refractivity contribution < 1.29 is 14.7 Å². The van der Waals surface area contributed by atoms with Crippen LogP contribution >= 0.6 is 0 Å². The number of rotatable bonds is 5. The molecular weight excluding hydrogens is 256 g/mol. The highest BCUT2D eigenvalue weighted by Gasteiger charge is 2.20. The number of carbonyl (C=O) groups is 2. The zero-order valence-corrected chi connectivity index (χ0v) is 12.4. The van der Waals surface area contributed by atoms with E-state index >= 15 is 0 Å². The molecule has 0 fully saturated rings. The molecule has 110 valence electrons. The van der Waals surface area contributed by atoms with Gasteiger partial charge in [0.05, 0.1) is 11.6 Å². The fraction of sp³-hybridized carbons (Fsp3) is 0.467. The van der Waals surface area contributed by atoms with Crippen LogP contribution in [0.15, 0.2) is 12.1 Å². The summed E-state index contributed by atoms with van der Waals surface area (Å²) in [5.41, 5.74) is 8.03. The molecule has 0 spiro atoms. The minimum Gasteiger partial charge on any atom is -0.478 e. The first-order valence-corrected chi connectivity index (χ1v) is 6.68. The molecule has 1 aromatic carbocycles. The van der Waals surface area contributed by atoms with Gasteiger partial charge in [0.2, 0.25) is 5.91 Å². The van der Waals surface area contributed by atoms with Crippen molar-refractivity contribution in [3.05, 3.63) is 28.8 Å². The number of amides is 1. The summed E-state index contributed by atoms with van der Waals surface area (Å²) in [5.74, 6) is -1.23. The van der Waals surface area contributed by atoms with E-state index in [9.17, 15) is 9.59 Å². The number of carboxylic acids is 1. The normalized spacial score (nSPS) is 13.7. The van der Waals surface area contributed by atoms with Crippen molar-refractivity contribution in [3.63, 3.8) is 0 Å². The van der Waals surface area contributed by atoms with Crippen LogP contribution < -0.4 is 11.1 Å². The summed E-state index contributed by atoms with van der Waals surface area (Å²) < 4.78 is 0. The Labute approximate surface area is 119 Å². The molecule has 0 aliphatic carbocycles. The van der Waals surface area contributed by atoms with Crippen molar-refractivity contribution in [1.82, 2.24) is 0 Å². The molecule has 0 aliphatic heterocycles. The average molecular weight is 278 g/mol. The lowest BCUT2D eigenvalue weighted by Crippen LogP contribution is -2.40. The van der Waals surface area contributed by atoms with E-state index in [1.165, 1.54) is 6.07 Å². The molecule has 2 atom stereocenters. The first-order chi connectivity index (χ1) is 9.27. The van der Waals surface area contributed by atoms with Crippen LogP contribution in [0.3, 0.4) is 0 Å². The van der Waals surface area contributed by atoms with Gasteiger partial charge < -0.3 is 16.2 Å². The van der Waals surface area contributed by atoms with Crippen LogP contribution in [-0.4, -0.2) is 23.0 Å². The highest BCUT2D eigenvalue weighted by Crippen LogP contribution is 2.20. The second-order valence-corrected chi connectivity index (χ2v) is 5.17.